The number of piperazine rings is 1. The van der Waals surface area contributed by atoms with E-state index in [1.807, 2.05) is 53.4 Å². The molecular formula is C24H20BrN3O2. The first-order chi connectivity index (χ1) is 14.6. The van der Waals surface area contributed by atoms with Crippen LogP contribution in [0.15, 0.2) is 82.1 Å². The van der Waals surface area contributed by atoms with Crippen LogP contribution in [0.3, 0.4) is 0 Å². The molecule has 1 aliphatic rings. The van der Waals surface area contributed by atoms with Crippen LogP contribution in [0.25, 0.3) is 21.8 Å². The summed E-state index contributed by atoms with van der Waals surface area (Å²) in [5.41, 5.74) is 2.42. The number of hydrogen-bond donors (Lipinski definition) is 0. The van der Waals surface area contributed by atoms with Crippen molar-refractivity contribution in [1.29, 1.82) is 0 Å². The van der Waals surface area contributed by atoms with Gasteiger partial charge in [-0.05, 0) is 42.5 Å². The molecule has 5 nitrogen and oxygen atoms in total. The number of aromatic nitrogens is 1. The highest BCUT2D eigenvalue weighted by molar-refractivity contribution is 9.10. The van der Waals surface area contributed by atoms with Crippen molar-refractivity contribution in [1.82, 2.24) is 9.47 Å². The molecule has 5 rings (SSSR count). The maximum atomic E-state index is 13.6. The van der Waals surface area contributed by atoms with E-state index in [2.05, 4.69) is 33.0 Å². The highest BCUT2D eigenvalue weighted by Crippen LogP contribution is 2.23. The Morgan fingerprint density at radius 2 is 1.37 bits per heavy atom. The summed E-state index contributed by atoms with van der Waals surface area (Å²) in [6.45, 7) is 2.77. The Kier molecular flexibility index (Phi) is 4.79. The lowest BCUT2D eigenvalue weighted by molar-refractivity contribution is 0.198. The molecule has 2 heterocycles. The lowest BCUT2D eigenvalue weighted by Crippen LogP contribution is -2.50. The van der Waals surface area contributed by atoms with Crippen LogP contribution >= 0.6 is 15.9 Å². The number of nitrogens with zero attached hydrogens (tertiary/aromatic N) is 3. The molecule has 0 spiro atoms. The summed E-state index contributed by atoms with van der Waals surface area (Å²) in [5.74, 6) is 0. The van der Waals surface area contributed by atoms with E-state index in [-0.39, 0.29) is 11.5 Å². The van der Waals surface area contributed by atoms with Gasteiger partial charge in [0.1, 0.15) is 0 Å². The Morgan fingerprint density at radius 3 is 1.97 bits per heavy atom. The first-order valence-corrected chi connectivity index (χ1v) is 10.7. The maximum Gasteiger partial charge on any atom is 0.329 e. The van der Waals surface area contributed by atoms with E-state index in [1.54, 1.807) is 16.7 Å². The fourth-order valence-electron chi connectivity index (χ4n) is 4.17. The third-order valence-corrected chi connectivity index (χ3v) is 6.19. The number of carbonyl (C=O) groups is 1. The van der Waals surface area contributed by atoms with Gasteiger partial charge in [0.25, 0.3) is 0 Å². The predicted octanol–water partition coefficient (Wildman–Crippen LogP) is 4.71. The van der Waals surface area contributed by atoms with Gasteiger partial charge in [-0.15, -0.1) is 0 Å². The minimum Gasteiger partial charge on any atom is -0.368 e. The van der Waals surface area contributed by atoms with Gasteiger partial charge in [0, 0.05) is 47.1 Å². The fourth-order valence-corrected chi connectivity index (χ4v) is 4.56. The summed E-state index contributed by atoms with van der Waals surface area (Å²) in [6.07, 6.45) is 0. The second kappa shape index (κ2) is 7.61. The number of halogens is 1. The molecule has 1 aliphatic heterocycles. The largest absolute Gasteiger partial charge is 0.368 e. The summed E-state index contributed by atoms with van der Waals surface area (Å²) in [4.78, 5) is 30.7. The average molecular weight is 462 g/mol. The Hall–Kier alpha value is -3.12. The van der Waals surface area contributed by atoms with Crippen LogP contribution in [0.4, 0.5) is 10.5 Å². The van der Waals surface area contributed by atoms with Gasteiger partial charge >= 0.3 is 6.03 Å². The van der Waals surface area contributed by atoms with Gasteiger partial charge in [-0.25, -0.2) is 4.79 Å². The van der Waals surface area contributed by atoms with Gasteiger partial charge in [-0.1, -0.05) is 46.3 Å². The van der Waals surface area contributed by atoms with Crippen molar-refractivity contribution in [2.24, 2.45) is 0 Å². The summed E-state index contributed by atoms with van der Waals surface area (Å²) in [7, 11) is 0. The summed E-state index contributed by atoms with van der Waals surface area (Å²) in [5, 5.41) is 1.13. The van der Waals surface area contributed by atoms with Gasteiger partial charge < -0.3 is 9.80 Å². The average Bonchev–Trinajstić information content (AvgIpc) is 2.79. The first-order valence-electron chi connectivity index (χ1n) is 9.96. The smallest absolute Gasteiger partial charge is 0.329 e. The molecule has 1 fully saturated rings. The second-order valence-corrected chi connectivity index (χ2v) is 8.35. The van der Waals surface area contributed by atoms with Gasteiger partial charge in [-0.2, -0.15) is 0 Å². The number of pyridine rings is 1. The summed E-state index contributed by atoms with van der Waals surface area (Å²) < 4.78 is 2.74. The molecule has 30 heavy (non-hydrogen) atoms. The number of carbonyl (C=O) groups excluding carboxylic acids is 1. The minimum absolute atomic E-state index is 0.0373. The van der Waals surface area contributed by atoms with Crippen LogP contribution in [0.1, 0.15) is 0 Å². The molecular weight excluding hydrogens is 442 g/mol. The molecule has 1 amide bonds. The fraction of sp³-hybridized carbons (Fsp3) is 0.167. The molecule has 0 unspecified atom stereocenters. The number of benzene rings is 3. The molecule has 6 heteroatoms. The van der Waals surface area contributed by atoms with Crippen LogP contribution in [-0.4, -0.2) is 41.7 Å². The number of amides is 1. The Labute approximate surface area is 182 Å². The lowest BCUT2D eigenvalue weighted by Gasteiger charge is -2.36. The molecule has 0 atom stereocenters. The number of fused-ring (bicyclic) bond motifs is 2. The molecule has 3 aromatic carbocycles. The monoisotopic (exact) mass is 461 g/mol. The van der Waals surface area contributed by atoms with Crippen molar-refractivity contribution in [2.45, 2.75) is 0 Å². The van der Waals surface area contributed by atoms with Crippen molar-refractivity contribution in [2.75, 3.05) is 31.1 Å². The zero-order valence-electron chi connectivity index (χ0n) is 16.3. The molecule has 0 bridgehead atoms. The van der Waals surface area contributed by atoms with Crippen molar-refractivity contribution < 1.29 is 4.79 Å². The van der Waals surface area contributed by atoms with Gasteiger partial charge in [-0.3, -0.25) is 9.36 Å². The Balaban J connectivity index is 1.51. The molecule has 0 radical (unpaired) electrons. The molecule has 1 aromatic heterocycles. The van der Waals surface area contributed by atoms with E-state index < -0.39 is 0 Å². The van der Waals surface area contributed by atoms with Crippen molar-refractivity contribution >= 4 is 49.5 Å². The van der Waals surface area contributed by atoms with E-state index in [0.29, 0.717) is 34.9 Å². The lowest BCUT2D eigenvalue weighted by atomic mass is 10.1. The van der Waals surface area contributed by atoms with Crippen LogP contribution in [0, 0.1) is 0 Å². The molecule has 0 aliphatic carbocycles. The molecule has 150 valence electrons. The van der Waals surface area contributed by atoms with Crippen LogP contribution in [0.2, 0.25) is 0 Å². The van der Waals surface area contributed by atoms with E-state index in [9.17, 15) is 9.59 Å². The molecule has 0 N–H and O–H groups in total. The van der Waals surface area contributed by atoms with Gasteiger partial charge in [0.2, 0.25) is 0 Å². The second-order valence-electron chi connectivity index (χ2n) is 7.44. The third kappa shape index (κ3) is 3.17. The summed E-state index contributed by atoms with van der Waals surface area (Å²) in [6, 6.07) is 22.8. The molecule has 0 saturated carbocycles. The van der Waals surface area contributed by atoms with E-state index in [4.69, 9.17) is 0 Å². The predicted molar refractivity (Wildman–Crippen MR) is 124 cm³/mol. The normalized spacial score (nSPS) is 14.4. The molecule has 4 aromatic rings. The minimum atomic E-state index is -0.0868. The number of hydrogen-bond acceptors (Lipinski definition) is 3. The van der Waals surface area contributed by atoms with E-state index in [1.165, 1.54) is 0 Å². The third-order valence-electron chi connectivity index (χ3n) is 5.69. The number of anilines is 1. The van der Waals surface area contributed by atoms with E-state index in [0.717, 1.165) is 23.2 Å². The number of rotatable bonds is 1. The quantitative estimate of drug-likeness (QED) is 0.385. The maximum absolute atomic E-state index is 13.6. The number of para-hydroxylation sites is 2. The van der Waals surface area contributed by atoms with Crippen LogP contribution < -0.4 is 10.3 Å². The van der Waals surface area contributed by atoms with E-state index >= 15 is 0 Å². The zero-order valence-corrected chi connectivity index (χ0v) is 17.9. The summed E-state index contributed by atoms with van der Waals surface area (Å²) >= 11 is 3.53. The van der Waals surface area contributed by atoms with Crippen molar-refractivity contribution in [3.8, 4) is 0 Å². The van der Waals surface area contributed by atoms with Crippen molar-refractivity contribution in [3.05, 3.63) is 87.5 Å². The topological polar surface area (TPSA) is 45.6 Å². The Morgan fingerprint density at radius 1 is 0.767 bits per heavy atom. The van der Waals surface area contributed by atoms with Crippen LogP contribution in [0.5, 0.6) is 0 Å². The first kappa shape index (κ1) is 18.9. The Bertz CT molecular complexity index is 1260. The van der Waals surface area contributed by atoms with Crippen molar-refractivity contribution in [3.63, 3.8) is 0 Å². The SMILES string of the molecule is O=C(N1CCN(c2cccc(Br)c2)CC1)n1c2ccccc2c(=O)c2ccccc21. The standard InChI is InChI=1S/C24H20BrN3O2/c25-17-6-5-7-18(16-17)26-12-14-27(15-13-26)24(30)28-21-10-3-1-8-19(21)23(29)20-9-2-4-11-22(20)28/h1-11,16H,12-15H2. The van der Waals surface area contributed by atoms with Gasteiger partial charge in [0.05, 0.1) is 11.0 Å². The molecule has 1 saturated heterocycles. The van der Waals surface area contributed by atoms with Gasteiger partial charge in [0.15, 0.2) is 5.43 Å². The highest BCUT2D eigenvalue weighted by Gasteiger charge is 2.25. The van der Waals surface area contributed by atoms with Crippen LogP contribution in [-0.2, 0) is 0 Å². The zero-order chi connectivity index (χ0) is 20.7. The highest BCUT2D eigenvalue weighted by atomic mass is 79.9.